The third kappa shape index (κ3) is 5.19. The summed E-state index contributed by atoms with van der Waals surface area (Å²) < 4.78 is 5.28. The van der Waals surface area contributed by atoms with Crippen molar-refractivity contribution in [3.05, 3.63) is 23.8 Å². The minimum Gasteiger partial charge on any atom is -0.497 e. The van der Waals surface area contributed by atoms with Crippen molar-refractivity contribution in [2.75, 3.05) is 38.2 Å². The van der Waals surface area contributed by atoms with Crippen LogP contribution in [0, 0.1) is 0 Å². The van der Waals surface area contributed by atoms with E-state index in [-0.39, 0.29) is 30.9 Å². The highest BCUT2D eigenvalue weighted by atomic mass is 16.5. The number of ether oxygens (including phenoxy) is 1. The predicted octanol–water partition coefficient (Wildman–Crippen LogP) is 1.82. The van der Waals surface area contributed by atoms with Crippen LogP contribution in [0.5, 0.6) is 5.75 Å². The van der Waals surface area contributed by atoms with Crippen LogP contribution in [0.3, 0.4) is 0 Å². The van der Waals surface area contributed by atoms with E-state index in [9.17, 15) is 9.59 Å². The lowest BCUT2D eigenvalue weighted by Gasteiger charge is -2.31. The molecule has 1 aliphatic rings. The first-order valence-electron chi connectivity index (χ1n) is 8.93. The van der Waals surface area contributed by atoms with Gasteiger partial charge >= 0.3 is 0 Å². The zero-order valence-electron chi connectivity index (χ0n) is 15.7. The molecule has 1 aromatic carbocycles. The molecule has 0 saturated carbocycles. The highest BCUT2D eigenvalue weighted by Gasteiger charge is 2.24. The highest BCUT2D eigenvalue weighted by molar-refractivity contribution is 5.96. The highest BCUT2D eigenvalue weighted by Crippen LogP contribution is 2.30. The standard InChI is InChI=1S/C19H29N3O3/c1-5-21(12-18(23)20-14(2)3)13-19(24)22-10-6-7-15-11-16(25-4)8-9-17(15)22/h8-9,11,14H,5-7,10,12-13H2,1-4H3,(H,20,23). The molecule has 1 N–H and O–H groups in total. The lowest BCUT2D eigenvalue weighted by molar-refractivity contribution is -0.124. The van der Waals surface area contributed by atoms with Gasteiger partial charge in [0.15, 0.2) is 0 Å². The Kier molecular flexibility index (Phi) is 6.82. The minimum absolute atomic E-state index is 0.0327. The summed E-state index contributed by atoms with van der Waals surface area (Å²) in [6.07, 6.45) is 1.89. The van der Waals surface area contributed by atoms with Gasteiger partial charge in [-0.15, -0.1) is 0 Å². The monoisotopic (exact) mass is 347 g/mol. The molecule has 1 aromatic rings. The summed E-state index contributed by atoms with van der Waals surface area (Å²) in [6, 6.07) is 5.94. The molecule has 0 spiro atoms. The zero-order chi connectivity index (χ0) is 18.4. The van der Waals surface area contributed by atoms with E-state index < -0.39 is 0 Å². The van der Waals surface area contributed by atoms with E-state index in [1.807, 2.05) is 48.8 Å². The van der Waals surface area contributed by atoms with Gasteiger partial charge in [0, 0.05) is 18.3 Å². The molecule has 6 nitrogen and oxygen atoms in total. The van der Waals surface area contributed by atoms with Crippen molar-refractivity contribution in [2.24, 2.45) is 0 Å². The first-order chi connectivity index (χ1) is 11.9. The number of nitrogens with one attached hydrogen (secondary N) is 1. The van der Waals surface area contributed by atoms with Crippen molar-refractivity contribution in [1.29, 1.82) is 0 Å². The molecule has 2 rings (SSSR count). The molecule has 0 bridgehead atoms. The molecule has 0 aliphatic carbocycles. The minimum atomic E-state index is -0.0477. The Bertz CT molecular complexity index is 616. The Labute approximate surface area is 150 Å². The molecule has 25 heavy (non-hydrogen) atoms. The largest absolute Gasteiger partial charge is 0.497 e. The summed E-state index contributed by atoms with van der Waals surface area (Å²) in [5.41, 5.74) is 2.10. The number of benzene rings is 1. The smallest absolute Gasteiger partial charge is 0.241 e. The molecule has 138 valence electrons. The van der Waals surface area contributed by atoms with Crippen LogP contribution in [-0.4, -0.2) is 56.0 Å². The first-order valence-corrected chi connectivity index (χ1v) is 8.93. The number of carbonyl (C=O) groups excluding carboxylic acids is 2. The van der Waals surface area contributed by atoms with Crippen molar-refractivity contribution in [3.63, 3.8) is 0 Å². The van der Waals surface area contributed by atoms with Gasteiger partial charge in [0.1, 0.15) is 5.75 Å². The molecular weight excluding hydrogens is 318 g/mol. The summed E-state index contributed by atoms with van der Waals surface area (Å²) in [5.74, 6) is 0.798. The van der Waals surface area contributed by atoms with Crippen LogP contribution in [0.1, 0.15) is 32.8 Å². The summed E-state index contributed by atoms with van der Waals surface area (Å²) in [7, 11) is 1.65. The van der Waals surface area contributed by atoms with Crippen LogP contribution in [0.15, 0.2) is 18.2 Å². The maximum Gasteiger partial charge on any atom is 0.241 e. The lowest BCUT2D eigenvalue weighted by Crippen LogP contribution is -2.46. The van der Waals surface area contributed by atoms with Gasteiger partial charge < -0.3 is 15.0 Å². The third-order valence-electron chi connectivity index (χ3n) is 4.33. The SMILES string of the molecule is CCN(CC(=O)NC(C)C)CC(=O)N1CCCc2cc(OC)ccc21. The number of carbonyl (C=O) groups is 2. The average Bonchev–Trinajstić information content (AvgIpc) is 2.59. The third-order valence-corrected chi connectivity index (χ3v) is 4.33. The van der Waals surface area contributed by atoms with Gasteiger partial charge in [-0.2, -0.15) is 0 Å². The molecular formula is C19H29N3O3. The molecule has 0 aromatic heterocycles. The topological polar surface area (TPSA) is 61.9 Å². The van der Waals surface area contributed by atoms with Gasteiger partial charge in [-0.3, -0.25) is 14.5 Å². The van der Waals surface area contributed by atoms with Crippen molar-refractivity contribution >= 4 is 17.5 Å². The number of likely N-dealkylation sites (N-methyl/N-ethyl adjacent to an activating group) is 1. The van der Waals surface area contributed by atoms with E-state index in [1.54, 1.807) is 7.11 Å². The molecule has 1 aliphatic heterocycles. The van der Waals surface area contributed by atoms with Gasteiger partial charge in [0.05, 0.1) is 20.2 Å². The van der Waals surface area contributed by atoms with Crippen molar-refractivity contribution in [1.82, 2.24) is 10.2 Å². The maximum absolute atomic E-state index is 12.8. The fraction of sp³-hybridized carbons (Fsp3) is 0.579. The van der Waals surface area contributed by atoms with E-state index >= 15 is 0 Å². The molecule has 6 heteroatoms. The van der Waals surface area contributed by atoms with Crippen LogP contribution < -0.4 is 15.0 Å². The van der Waals surface area contributed by atoms with Crippen molar-refractivity contribution in [3.8, 4) is 5.75 Å². The van der Waals surface area contributed by atoms with Crippen LogP contribution in [-0.2, 0) is 16.0 Å². The second-order valence-corrected chi connectivity index (χ2v) is 6.67. The number of amides is 2. The summed E-state index contributed by atoms with van der Waals surface area (Å²) >= 11 is 0. The zero-order valence-corrected chi connectivity index (χ0v) is 15.7. The number of hydrogen-bond acceptors (Lipinski definition) is 4. The van der Waals surface area contributed by atoms with Gasteiger partial charge in [-0.25, -0.2) is 0 Å². The normalized spacial score (nSPS) is 13.8. The lowest BCUT2D eigenvalue weighted by atomic mass is 10.0. The van der Waals surface area contributed by atoms with E-state index in [2.05, 4.69) is 5.32 Å². The van der Waals surface area contributed by atoms with Crippen LogP contribution in [0.2, 0.25) is 0 Å². The maximum atomic E-state index is 12.8. The first kappa shape index (κ1) is 19.2. The van der Waals surface area contributed by atoms with Gasteiger partial charge in [0.2, 0.25) is 11.8 Å². The summed E-state index contributed by atoms with van der Waals surface area (Å²) in [6.45, 7) is 7.67. The number of aryl methyl sites for hydroxylation is 1. The molecule has 2 amide bonds. The quantitative estimate of drug-likeness (QED) is 0.817. The Morgan fingerprint density at radius 2 is 2.08 bits per heavy atom. The van der Waals surface area contributed by atoms with E-state index in [1.165, 1.54) is 0 Å². The van der Waals surface area contributed by atoms with Crippen molar-refractivity contribution < 1.29 is 14.3 Å². The van der Waals surface area contributed by atoms with E-state index in [0.717, 1.165) is 29.8 Å². The number of rotatable bonds is 7. The molecule has 1 heterocycles. The number of nitrogens with zero attached hydrogens (tertiary/aromatic N) is 2. The fourth-order valence-corrected chi connectivity index (χ4v) is 3.09. The summed E-state index contributed by atoms with van der Waals surface area (Å²) in [4.78, 5) is 28.5. The Hall–Kier alpha value is -2.08. The van der Waals surface area contributed by atoms with Crippen LogP contribution in [0.4, 0.5) is 5.69 Å². The molecule has 0 saturated heterocycles. The predicted molar refractivity (Wildman–Crippen MR) is 99.1 cm³/mol. The van der Waals surface area contributed by atoms with E-state index in [0.29, 0.717) is 13.1 Å². The Morgan fingerprint density at radius 1 is 1.32 bits per heavy atom. The number of anilines is 1. The number of fused-ring (bicyclic) bond motifs is 1. The molecule has 0 unspecified atom stereocenters. The summed E-state index contributed by atoms with van der Waals surface area (Å²) in [5, 5.41) is 2.87. The number of hydrogen-bond donors (Lipinski definition) is 1. The van der Waals surface area contributed by atoms with Crippen LogP contribution >= 0.6 is 0 Å². The van der Waals surface area contributed by atoms with Gasteiger partial charge in [-0.1, -0.05) is 6.92 Å². The Balaban J connectivity index is 2.04. The van der Waals surface area contributed by atoms with Gasteiger partial charge in [-0.05, 0) is 57.0 Å². The van der Waals surface area contributed by atoms with Crippen LogP contribution in [0.25, 0.3) is 0 Å². The van der Waals surface area contributed by atoms with Gasteiger partial charge in [0.25, 0.3) is 0 Å². The average molecular weight is 347 g/mol. The fourth-order valence-electron chi connectivity index (χ4n) is 3.09. The number of methoxy groups -OCH3 is 1. The molecule has 0 radical (unpaired) electrons. The second kappa shape index (κ2) is 8.85. The second-order valence-electron chi connectivity index (χ2n) is 6.67. The Morgan fingerprint density at radius 3 is 2.72 bits per heavy atom. The van der Waals surface area contributed by atoms with E-state index in [4.69, 9.17) is 4.74 Å². The molecule has 0 atom stereocenters. The van der Waals surface area contributed by atoms with Crippen molar-refractivity contribution in [2.45, 2.75) is 39.7 Å². The molecule has 0 fully saturated rings.